The Morgan fingerprint density at radius 1 is 1.04 bits per heavy atom. The largest absolute Gasteiger partial charge is 0.363 e. The predicted octanol–water partition coefficient (Wildman–Crippen LogP) is 5.72. The molecule has 0 aromatic heterocycles. The van der Waals surface area contributed by atoms with Gasteiger partial charge in [-0.3, -0.25) is 0 Å². The lowest BCUT2D eigenvalue weighted by Gasteiger charge is -2.23. The number of aliphatic imine (C=N–C) groups is 1. The van der Waals surface area contributed by atoms with Crippen LogP contribution in [0.25, 0.3) is 0 Å². The van der Waals surface area contributed by atoms with E-state index in [1.165, 1.54) is 5.56 Å². The fourth-order valence-corrected chi connectivity index (χ4v) is 2.58. The van der Waals surface area contributed by atoms with Crippen LogP contribution < -0.4 is 4.90 Å². The van der Waals surface area contributed by atoms with Gasteiger partial charge in [0, 0.05) is 36.5 Å². The summed E-state index contributed by atoms with van der Waals surface area (Å²) in [6.45, 7) is 8.50. The maximum Gasteiger partial charge on any atom is 0.0912 e. The van der Waals surface area contributed by atoms with E-state index in [-0.39, 0.29) is 0 Å². The first kappa shape index (κ1) is 18.3. The molecule has 0 spiro atoms. The van der Waals surface area contributed by atoms with E-state index in [9.17, 15) is 0 Å². The molecule has 2 aromatic carbocycles. The number of aryl methyl sites for hydroxylation is 2. The predicted molar refractivity (Wildman–Crippen MR) is 106 cm³/mol. The van der Waals surface area contributed by atoms with Gasteiger partial charge in [0.1, 0.15) is 0 Å². The maximum absolute atomic E-state index is 6.12. The molecule has 128 valence electrons. The van der Waals surface area contributed by atoms with Gasteiger partial charge in [-0.25, -0.2) is 4.99 Å². The standard InChI is InChI=1S/C20H26ClN3/c1-14(2)23(5)13-22-19-10-16(4)20(11-15(19)3)24(6)18-9-7-8-17(21)12-18/h7-14H,1-6H3. The summed E-state index contributed by atoms with van der Waals surface area (Å²) in [6.07, 6.45) is 1.90. The number of anilines is 2. The molecule has 2 aromatic rings. The second kappa shape index (κ2) is 7.71. The number of nitrogens with zero attached hydrogens (tertiary/aromatic N) is 3. The van der Waals surface area contributed by atoms with Crippen molar-refractivity contribution in [2.24, 2.45) is 4.99 Å². The van der Waals surface area contributed by atoms with Crippen LogP contribution in [-0.2, 0) is 0 Å². The van der Waals surface area contributed by atoms with E-state index in [2.05, 4.69) is 67.7 Å². The minimum absolute atomic E-state index is 0.434. The number of benzene rings is 2. The van der Waals surface area contributed by atoms with Crippen molar-refractivity contribution in [3.05, 3.63) is 52.5 Å². The summed E-state index contributed by atoms with van der Waals surface area (Å²) >= 11 is 6.12. The molecule has 0 aliphatic carbocycles. The Bertz CT molecular complexity index is 738. The summed E-state index contributed by atoms with van der Waals surface area (Å²) in [6, 6.07) is 12.6. The zero-order valence-corrected chi connectivity index (χ0v) is 16.1. The Kier molecular flexibility index (Phi) is 5.89. The SMILES string of the molecule is Cc1cc(N(C)c2cccc(Cl)c2)c(C)cc1N=CN(C)C(C)C. The summed E-state index contributed by atoms with van der Waals surface area (Å²) in [4.78, 5) is 8.89. The molecule has 4 heteroatoms. The van der Waals surface area contributed by atoms with Gasteiger partial charge in [0.15, 0.2) is 0 Å². The number of halogens is 1. The minimum atomic E-state index is 0.434. The van der Waals surface area contributed by atoms with Gasteiger partial charge in [-0.2, -0.15) is 0 Å². The van der Waals surface area contributed by atoms with E-state index in [1.807, 2.05) is 31.6 Å². The van der Waals surface area contributed by atoms with E-state index in [4.69, 9.17) is 11.6 Å². The number of rotatable bonds is 5. The van der Waals surface area contributed by atoms with Crippen LogP contribution >= 0.6 is 11.6 Å². The molecule has 3 nitrogen and oxygen atoms in total. The number of hydrogen-bond acceptors (Lipinski definition) is 2. The average molecular weight is 344 g/mol. The Balaban J connectivity index is 2.32. The smallest absolute Gasteiger partial charge is 0.0912 e. The number of hydrogen-bond donors (Lipinski definition) is 0. The van der Waals surface area contributed by atoms with Gasteiger partial charge in [-0.05, 0) is 69.2 Å². The Hall–Kier alpha value is -2.00. The van der Waals surface area contributed by atoms with Crippen molar-refractivity contribution >= 4 is 35.0 Å². The summed E-state index contributed by atoms with van der Waals surface area (Å²) in [5.74, 6) is 0. The molecule has 0 bridgehead atoms. The lowest BCUT2D eigenvalue weighted by atomic mass is 10.1. The lowest BCUT2D eigenvalue weighted by molar-refractivity contribution is 0.429. The molecule has 0 atom stereocenters. The molecule has 0 unspecified atom stereocenters. The molecule has 2 rings (SSSR count). The van der Waals surface area contributed by atoms with E-state index in [0.717, 1.165) is 27.6 Å². The van der Waals surface area contributed by atoms with Gasteiger partial charge in [-0.1, -0.05) is 17.7 Å². The highest BCUT2D eigenvalue weighted by Crippen LogP contribution is 2.33. The molecule has 0 aliphatic heterocycles. The zero-order chi connectivity index (χ0) is 17.9. The van der Waals surface area contributed by atoms with Crippen molar-refractivity contribution in [3.8, 4) is 0 Å². The third-order valence-electron chi connectivity index (χ3n) is 4.26. The van der Waals surface area contributed by atoms with Crippen LogP contribution in [0.2, 0.25) is 5.02 Å². The molecule has 0 heterocycles. The van der Waals surface area contributed by atoms with Gasteiger partial charge in [0.05, 0.1) is 12.0 Å². The van der Waals surface area contributed by atoms with Crippen molar-refractivity contribution in [2.75, 3.05) is 19.0 Å². The van der Waals surface area contributed by atoms with Crippen molar-refractivity contribution in [1.82, 2.24) is 4.90 Å². The highest BCUT2D eigenvalue weighted by Gasteiger charge is 2.10. The Labute approximate surface area is 150 Å². The monoisotopic (exact) mass is 343 g/mol. The highest BCUT2D eigenvalue weighted by atomic mass is 35.5. The molecule has 0 saturated carbocycles. The second-order valence-corrected chi connectivity index (χ2v) is 6.90. The van der Waals surface area contributed by atoms with Gasteiger partial charge in [-0.15, -0.1) is 0 Å². The normalized spacial score (nSPS) is 11.3. The summed E-state index contributed by atoms with van der Waals surface area (Å²) in [7, 11) is 4.10. The van der Waals surface area contributed by atoms with Crippen LogP contribution in [-0.4, -0.2) is 31.4 Å². The van der Waals surface area contributed by atoms with Crippen molar-refractivity contribution < 1.29 is 0 Å². The summed E-state index contributed by atoms with van der Waals surface area (Å²) in [5.41, 5.74) is 5.57. The lowest BCUT2D eigenvalue weighted by Crippen LogP contribution is -2.24. The van der Waals surface area contributed by atoms with Crippen LogP contribution in [0.4, 0.5) is 17.1 Å². The molecule has 0 amide bonds. The molecule has 24 heavy (non-hydrogen) atoms. The average Bonchev–Trinajstić information content (AvgIpc) is 2.54. The third kappa shape index (κ3) is 4.30. The van der Waals surface area contributed by atoms with E-state index < -0.39 is 0 Å². The van der Waals surface area contributed by atoms with Crippen molar-refractivity contribution in [1.29, 1.82) is 0 Å². The van der Waals surface area contributed by atoms with Crippen molar-refractivity contribution in [2.45, 2.75) is 33.7 Å². The summed E-state index contributed by atoms with van der Waals surface area (Å²) < 4.78 is 0. The first-order chi connectivity index (χ1) is 11.3. The fraction of sp³-hybridized carbons (Fsp3) is 0.350. The topological polar surface area (TPSA) is 18.8 Å². The maximum atomic E-state index is 6.12. The van der Waals surface area contributed by atoms with E-state index in [0.29, 0.717) is 6.04 Å². The highest BCUT2D eigenvalue weighted by molar-refractivity contribution is 6.30. The van der Waals surface area contributed by atoms with Crippen LogP contribution in [0.15, 0.2) is 41.4 Å². The van der Waals surface area contributed by atoms with Gasteiger partial charge in [0.25, 0.3) is 0 Å². The summed E-state index contributed by atoms with van der Waals surface area (Å²) in [5, 5.41) is 0.742. The van der Waals surface area contributed by atoms with Crippen LogP contribution in [0.1, 0.15) is 25.0 Å². The van der Waals surface area contributed by atoms with E-state index in [1.54, 1.807) is 0 Å². The van der Waals surface area contributed by atoms with Gasteiger partial charge in [0.2, 0.25) is 0 Å². The van der Waals surface area contributed by atoms with Crippen LogP contribution in [0.5, 0.6) is 0 Å². The third-order valence-corrected chi connectivity index (χ3v) is 4.50. The van der Waals surface area contributed by atoms with E-state index >= 15 is 0 Å². The molecular weight excluding hydrogens is 318 g/mol. The van der Waals surface area contributed by atoms with Gasteiger partial charge < -0.3 is 9.80 Å². The quantitative estimate of drug-likeness (QED) is 0.510. The zero-order valence-electron chi connectivity index (χ0n) is 15.3. The Morgan fingerprint density at radius 2 is 1.75 bits per heavy atom. The molecule has 0 aliphatic rings. The fourth-order valence-electron chi connectivity index (χ4n) is 2.40. The van der Waals surface area contributed by atoms with Crippen LogP contribution in [0.3, 0.4) is 0 Å². The Morgan fingerprint density at radius 3 is 2.38 bits per heavy atom. The second-order valence-electron chi connectivity index (χ2n) is 6.47. The van der Waals surface area contributed by atoms with Gasteiger partial charge >= 0.3 is 0 Å². The van der Waals surface area contributed by atoms with Crippen LogP contribution in [0, 0.1) is 13.8 Å². The molecule has 0 radical (unpaired) electrons. The first-order valence-electron chi connectivity index (χ1n) is 8.16. The molecule has 0 saturated heterocycles. The molecule has 0 N–H and O–H groups in total. The minimum Gasteiger partial charge on any atom is -0.363 e. The first-order valence-corrected chi connectivity index (χ1v) is 8.54. The molecular formula is C20H26ClN3. The molecule has 0 fully saturated rings. The van der Waals surface area contributed by atoms with Crippen molar-refractivity contribution in [3.63, 3.8) is 0 Å².